The zero-order valence-corrected chi connectivity index (χ0v) is 7.80. The molecular formula is C7H10N2O2S. The van der Waals surface area contributed by atoms with Gasteiger partial charge in [0.05, 0.1) is 17.1 Å². The van der Waals surface area contributed by atoms with Crippen molar-refractivity contribution in [1.29, 1.82) is 0 Å². The maximum Gasteiger partial charge on any atom is 0.218 e. The number of nitrogens with zero attached hydrogens (tertiary/aromatic N) is 2. The van der Waals surface area contributed by atoms with Crippen LogP contribution in [0.2, 0.25) is 0 Å². The number of hydrogen-bond donors (Lipinski definition) is 0. The van der Waals surface area contributed by atoms with E-state index in [1.165, 1.54) is 0 Å². The lowest BCUT2D eigenvalue weighted by molar-refractivity contribution is 0.519. The molecule has 1 rings (SSSR count). The highest BCUT2D eigenvalue weighted by atomic mass is 32.2. The molecule has 0 saturated heterocycles. The molecule has 1 aliphatic heterocycles. The predicted molar refractivity (Wildman–Crippen MR) is 48.8 cm³/mol. The average Bonchev–Trinajstić information content (AvgIpc) is 2.03. The van der Waals surface area contributed by atoms with Crippen molar-refractivity contribution < 1.29 is 8.42 Å². The molecular weight excluding hydrogens is 176 g/mol. The number of aliphatic imine (C=N–C) groups is 1. The van der Waals surface area contributed by atoms with E-state index in [-0.39, 0.29) is 0 Å². The molecule has 0 unspecified atom stereocenters. The first kappa shape index (κ1) is 8.99. The molecule has 0 radical (unpaired) electrons. The van der Waals surface area contributed by atoms with Crippen LogP contribution < -0.4 is 0 Å². The summed E-state index contributed by atoms with van der Waals surface area (Å²) in [6, 6.07) is 0. The minimum Gasteiger partial charge on any atom is -0.373 e. The molecule has 0 saturated carbocycles. The van der Waals surface area contributed by atoms with E-state index in [4.69, 9.17) is 0 Å². The molecule has 0 N–H and O–H groups in total. The highest BCUT2D eigenvalue weighted by Crippen LogP contribution is 1.97. The van der Waals surface area contributed by atoms with Crippen LogP contribution in [0.15, 0.2) is 17.4 Å². The number of hydrogen-bond acceptors (Lipinski definition) is 4. The van der Waals surface area contributed by atoms with Crippen molar-refractivity contribution in [3.8, 4) is 0 Å². The molecule has 1 heterocycles. The third-order valence-corrected chi connectivity index (χ3v) is 2.34. The first-order valence-corrected chi connectivity index (χ1v) is 4.55. The van der Waals surface area contributed by atoms with Crippen LogP contribution in [0, 0.1) is 0 Å². The van der Waals surface area contributed by atoms with E-state index in [0.717, 1.165) is 0 Å². The van der Waals surface area contributed by atoms with Gasteiger partial charge in [-0.05, 0) is 6.92 Å². The van der Waals surface area contributed by atoms with E-state index in [1.807, 2.05) is 11.9 Å². The standard InChI is InChI=1S/C7H10N2O2S/c1-6(12(10)11)7-5-9(2)4-3-8-7/h3-4H,5H2,1-2H3. The SMILES string of the molecule is CC(C1=NC=CN(C)C1)=S(=O)=O. The Morgan fingerprint density at radius 1 is 1.67 bits per heavy atom. The van der Waals surface area contributed by atoms with E-state index in [1.54, 1.807) is 19.3 Å². The van der Waals surface area contributed by atoms with Crippen molar-refractivity contribution in [2.45, 2.75) is 6.92 Å². The van der Waals surface area contributed by atoms with Crippen molar-refractivity contribution in [2.75, 3.05) is 13.6 Å². The molecule has 66 valence electrons. The quantitative estimate of drug-likeness (QED) is 0.538. The van der Waals surface area contributed by atoms with Gasteiger partial charge in [-0.1, -0.05) is 0 Å². The van der Waals surface area contributed by atoms with Crippen molar-refractivity contribution >= 4 is 20.9 Å². The highest BCUT2D eigenvalue weighted by Gasteiger charge is 2.09. The Balaban J connectivity index is 3.00. The zero-order chi connectivity index (χ0) is 9.14. The second kappa shape index (κ2) is 3.53. The van der Waals surface area contributed by atoms with Gasteiger partial charge in [0.15, 0.2) is 0 Å². The van der Waals surface area contributed by atoms with Crippen molar-refractivity contribution in [2.24, 2.45) is 4.99 Å². The first-order chi connectivity index (χ1) is 5.61. The van der Waals surface area contributed by atoms with Gasteiger partial charge in [-0.3, -0.25) is 4.99 Å². The molecule has 0 aromatic carbocycles. The Kier molecular flexibility index (Phi) is 2.65. The van der Waals surface area contributed by atoms with Gasteiger partial charge in [0, 0.05) is 19.4 Å². The fourth-order valence-electron chi connectivity index (χ4n) is 0.865. The van der Waals surface area contributed by atoms with E-state index in [9.17, 15) is 8.42 Å². The molecule has 0 aliphatic carbocycles. The van der Waals surface area contributed by atoms with Crippen LogP contribution in [-0.4, -0.2) is 37.5 Å². The highest BCUT2D eigenvalue weighted by molar-refractivity contribution is 7.74. The lowest BCUT2D eigenvalue weighted by Crippen LogP contribution is -2.28. The average molecular weight is 186 g/mol. The largest absolute Gasteiger partial charge is 0.373 e. The minimum absolute atomic E-state index is 0.311. The van der Waals surface area contributed by atoms with Crippen LogP contribution in [0.3, 0.4) is 0 Å². The van der Waals surface area contributed by atoms with Crippen LogP contribution in [0.1, 0.15) is 6.92 Å². The van der Waals surface area contributed by atoms with Gasteiger partial charge in [0.25, 0.3) is 0 Å². The van der Waals surface area contributed by atoms with Gasteiger partial charge < -0.3 is 4.90 Å². The van der Waals surface area contributed by atoms with Crippen molar-refractivity contribution in [1.82, 2.24) is 4.90 Å². The van der Waals surface area contributed by atoms with Crippen LogP contribution in [-0.2, 0) is 10.3 Å². The summed E-state index contributed by atoms with van der Waals surface area (Å²) in [5, 5.41) is 0. The topological polar surface area (TPSA) is 49.7 Å². The second-order valence-corrected chi connectivity index (χ2v) is 3.66. The first-order valence-electron chi connectivity index (χ1n) is 3.48. The van der Waals surface area contributed by atoms with Crippen LogP contribution >= 0.6 is 0 Å². The normalized spacial score (nSPS) is 15.8. The summed E-state index contributed by atoms with van der Waals surface area (Å²) in [5.74, 6) is 0. The van der Waals surface area contributed by atoms with Crippen LogP contribution in [0.4, 0.5) is 0 Å². The molecule has 0 fully saturated rings. The van der Waals surface area contributed by atoms with Crippen LogP contribution in [0.5, 0.6) is 0 Å². The summed E-state index contributed by atoms with van der Waals surface area (Å²) in [4.78, 5) is 6.15. The van der Waals surface area contributed by atoms with E-state index in [0.29, 0.717) is 17.1 Å². The molecule has 0 atom stereocenters. The Labute approximate surface area is 72.7 Å². The Morgan fingerprint density at radius 2 is 2.33 bits per heavy atom. The predicted octanol–water partition coefficient (Wildman–Crippen LogP) is -0.0846. The third-order valence-electron chi connectivity index (χ3n) is 1.61. The van der Waals surface area contributed by atoms with Gasteiger partial charge in [-0.15, -0.1) is 0 Å². The zero-order valence-electron chi connectivity index (χ0n) is 6.98. The van der Waals surface area contributed by atoms with Gasteiger partial charge in [-0.25, -0.2) is 0 Å². The molecule has 0 aromatic heterocycles. The maximum absolute atomic E-state index is 10.5. The fourth-order valence-corrected chi connectivity index (χ4v) is 1.17. The van der Waals surface area contributed by atoms with Gasteiger partial charge in [0.2, 0.25) is 10.3 Å². The monoisotopic (exact) mass is 186 g/mol. The summed E-state index contributed by atoms with van der Waals surface area (Å²) >= 11 is 0. The van der Waals surface area contributed by atoms with Crippen LogP contribution in [0.25, 0.3) is 0 Å². The summed E-state index contributed by atoms with van der Waals surface area (Å²) in [6.45, 7) is 2.10. The smallest absolute Gasteiger partial charge is 0.218 e. The van der Waals surface area contributed by atoms with E-state index >= 15 is 0 Å². The van der Waals surface area contributed by atoms with E-state index < -0.39 is 10.3 Å². The minimum atomic E-state index is -2.15. The Morgan fingerprint density at radius 3 is 2.83 bits per heavy atom. The molecule has 0 aromatic rings. The molecule has 4 nitrogen and oxygen atoms in total. The summed E-state index contributed by atoms with van der Waals surface area (Å²) < 4.78 is 21.1. The summed E-state index contributed by atoms with van der Waals surface area (Å²) in [6.07, 6.45) is 3.39. The third kappa shape index (κ3) is 1.94. The molecule has 0 spiro atoms. The Bertz CT molecular complexity index is 357. The lowest BCUT2D eigenvalue weighted by Gasteiger charge is -2.17. The maximum atomic E-state index is 10.5. The van der Waals surface area contributed by atoms with Gasteiger partial charge in [-0.2, -0.15) is 8.42 Å². The Hall–Kier alpha value is -1.10. The van der Waals surface area contributed by atoms with Gasteiger partial charge in [0.1, 0.15) is 0 Å². The lowest BCUT2D eigenvalue weighted by atomic mass is 10.2. The van der Waals surface area contributed by atoms with Crippen molar-refractivity contribution in [3.05, 3.63) is 12.4 Å². The molecule has 0 bridgehead atoms. The summed E-state index contributed by atoms with van der Waals surface area (Å²) in [5.41, 5.74) is 0.605. The van der Waals surface area contributed by atoms with Gasteiger partial charge >= 0.3 is 0 Å². The number of rotatable bonds is 1. The molecule has 12 heavy (non-hydrogen) atoms. The van der Waals surface area contributed by atoms with E-state index in [2.05, 4.69) is 4.99 Å². The fraction of sp³-hybridized carbons (Fsp3) is 0.429. The summed E-state index contributed by atoms with van der Waals surface area (Å²) in [7, 11) is -0.280. The molecule has 1 aliphatic rings. The second-order valence-electron chi connectivity index (χ2n) is 2.58. The molecule has 0 amide bonds. The molecule has 5 heteroatoms. The van der Waals surface area contributed by atoms with Crippen molar-refractivity contribution in [3.63, 3.8) is 0 Å².